The highest BCUT2D eigenvalue weighted by atomic mass is 32.1. The molecule has 0 aliphatic carbocycles. The molecule has 0 radical (unpaired) electrons. The van der Waals surface area contributed by atoms with E-state index >= 15 is 0 Å². The Balaban J connectivity index is 1.92. The lowest BCUT2D eigenvalue weighted by atomic mass is 9.91. The molecule has 0 saturated carbocycles. The molecule has 2 aromatic rings. The van der Waals surface area contributed by atoms with E-state index in [1.807, 2.05) is 0 Å². The van der Waals surface area contributed by atoms with Crippen LogP contribution >= 0.6 is 11.3 Å². The summed E-state index contributed by atoms with van der Waals surface area (Å²) in [5, 5.41) is 1.10. The zero-order valence-corrected chi connectivity index (χ0v) is 13.1. The molecule has 0 bridgehead atoms. The zero-order chi connectivity index (χ0) is 14.3. The molecule has 20 heavy (non-hydrogen) atoms. The van der Waals surface area contributed by atoms with Gasteiger partial charge in [0, 0.05) is 29.9 Å². The Bertz CT molecular complexity index is 600. The summed E-state index contributed by atoms with van der Waals surface area (Å²) >= 11 is 1.74. The molecule has 106 valence electrons. The highest BCUT2D eigenvalue weighted by Gasteiger charge is 2.26. The minimum Gasteiger partial charge on any atom is -0.339 e. The minimum atomic E-state index is 0.0516. The number of fused-ring (bicyclic) bond motifs is 1. The number of nitrogens with two attached hydrogens (primary N) is 1. The van der Waals surface area contributed by atoms with E-state index in [2.05, 4.69) is 49.9 Å². The average Bonchev–Trinajstić information content (AvgIpc) is 3.01. The first-order valence-corrected chi connectivity index (χ1v) is 7.82. The van der Waals surface area contributed by atoms with Gasteiger partial charge in [-0.3, -0.25) is 0 Å². The van der Waals surface area contributed by atoms with Gasteiger partial charge in [0.05, 0.1) is 5.69 Å². The van der Waals surface area contributed by atoms with Crippen molar-refractivity contribution < 1.29 is 0 Å². The van der Waals surface area contributed by atoms with Gasteiger partial charge in [-0.25, -0.2) is 4.98 Å². The van der Waals surface area contributed by atoms with Gasteiger partial charge in [0.15, 0.2) is 5.13 Å². The van der Waals surface area contributed by atoms with Crippen molar-refractivity contribution in [1.29, 1.82) is 0 Å². The quantitative estimate of drug-likeness (QED) is 0.920. The number of aromatic nitrogens is 1. The van der Waals surface area contributed by atoms with E-state index in [1.54, 1.807) is 11.3 Å². The summed E-state index contributed by atoms with van der Waals surface area (Å²) in [6, 6.07) is 8.63. The molecule has 0 fully saturated rings. The van der Waals surface area contributed by atoms with E-state index in [1.165, 1.54) is 16.0 Å². The van der Waals surface area contributed by atoms with E-state index in [4.69, 9.17) is 10.7 Å². The molecule has 3 nitrogen and oxygen atoms in total. The van der Waals surface area contributed by atoms with Crippen molar-refractivity contribution in [3.8, 4) is 0 Å². The molecule has 4 heteroatoms. The Labute approximate surface area is 124 Å². The molecule has 0 amide bonds. The van der Waals surface area contributed by atoms with Crippen LogP contribution in [0.4, 0.5) is 5.13 Å². The molecule has 0 saturated heterocycles. The zero-order valence-electron chi connectivity index (χ0n) is 12.3. The minimum absolute atomic E-state index is 0.0516. The third-order valence-electron chi connectivity index (χ3n) is 3.69. The molecule has 3 rings (SSSR count). The third-order valence-corrected chi connectivity index (χ3v) is 4.83. The van der Waals surface area contributed by atoms with Gasteiger partial charge in [0.2, 0.25) is 0 Å². The molecule has 0 atom stereocenters. The van der Waals surface area contributed by atoms with E-state index in [0.29, 0.717) is 6.54 Å². The van der Waals surface area contributed by atoms with Crippen molar-refractivity contribution in [2.45, 2.75) is 45.8 Å². The van der Waals surface area contributed by atoms with Crippen molar-refractivity contribution in [3.63, 3.8) is 0 Å². The maximum absolute atomic E-state index is 5.90. The monoisotopic (exact) mass is 287 g/mol. The number of nitrogens with zero attached hydrogens (tertiary/aromatic N) is 2. The summed E-state index contributed by atoms with van der Waals surface area (Å²) in [6.45, 7) is 9.08. The first-order valence-electron chi connectivity index (χ1n) is 7.01. The van der Waals surface area contributed by atoms with Crippen LogP contribution in [0.3, 0.4) is 0 Å². The first kappa shape index (κ1) is 13.6. The van der Waals surface area contributed by atoms with Crippen molar-refractivity contribution >= 4 is 16.5 Å². The van der Waals surface area contributed by atoms with Gasteiger partial charge in [0.25, 0.3) is 0 Å². The molecule has 0 spiro atoms. The molecule has 1 aromatic heterocycles. The summed E-state index contributed by atoms with van der Waals surface area (Å²) in [6.07, 6.45) is 0. The lowest BCUT2D eigenvalue weighted by Crippen LogP contribution is -2.17. The molecule has 2 N–H and O–H groups in total. The maximum Gasteiger partial charge on any atom is 0.186 e. The fraction of sp³-hybridized carbons (Fsp3) is 0.438. The molecule has 1 aliphatic heterocycles. The molecular weight excluding hydrogens is 266 g/mol. The standard InChI is InChI=1S/C16H21N3S/c1-16(2,3)14-13(8-17)20-15(18-14)19-9-11-6-4-5-7-12(11)10-19/h4-7H,8-10,17H2,1-3H3. The van der Waals surface area contributed by atoms with Gasteiger partial charge < -0.3 is 10.6 Å². The second kappa shape index (κ2) is 4.86. The van der Waals surface area contributed by atoms with Gasteiger partial charge >= 0.3 is 0 Å². The van der Waals surface area contributed by atoms with Crippen LogP contribution in [-0.2, 0) is 25.0 Å². The Morgan fingerprint density at radius 3 is 2.25 bits per heavy atom. The average molecular weight is 287 g/mol. The SMILES string of the molecule is CC(C)(C)c1nc(N2Cc3ccccc3C2)sc1CN. The summed E-state index contributed by atoms with van der Waals surface area (Å²) < 4.78 is 0. The summed E-state index contributed by atoms with van der Waals surface area (Å²) in [5.74, 6) is 0. The molecule has 1 aromatic carbocycles. The summed E-state index contributed by atoms with van der Waals surface area (Å²) in [5.41, 5.74) is 9.92. The molecule has 0 unspecified atom stereocenters. The fourth-order valence-electron chi connectivity index (χ4n) is 2.67. The highest BCUT2D eigenvalue weighted by molar-refractivity contribution is 7.15. The Morgan fingerprint density at radius 2 is 1.80 bits per heavy atom. The lowest BCUT2D eigenvalue weighted by Gasteiger charge is -2.17. The number of hydrogen-bond acceptors (Lipinski definition) is 4. The Kier molecular flexibility index (Phi) is 3.30. The summed E-state index contributed by atoms with van der Waals surface area (Å²) in [7, 11) is 0. The van der Waals surface area contributed by atoms with E-state index in [9.17, 15) is 0 Å². The predicted octanol–water partition coefficient (Wildman–Crippen LogP) is 3.42. The lowest BCUT2D eigenvalue weighted by molar-refractivity contribution is 0.565. The molecular formula is C16H21N3S. The van der Waals surface area contributed by atoms with Gasteiger partial charge in [-0.2, -0.15) is 0 Å². The van der Waals surface area contributed by atoms with E-state index in [-0.39, 0.29) is 5.41 Å². The third kappa shape index (κ3) is 2.34. The van der Waals surface area contributed by atoms with Crippen molar-refractivity contribution in [1.82, 2.24) is 4.98 Å². The van der Waals surface area contributed by atoms with Crippen LogP contribution < -0.4 is 10.6 Å². The number of benzene rings is 1. The largest absolute Gasteiger partial charge is 0.339 e. The normalized spacial score (nSPS) is 14.7. The Hall–Kier alpha value is -1.39. The summed E-state index contributed by atoms with van der Waals surface area (Å²) in [4.78, 5) is 8.44. The van der Waals surface area contributed by atoms with Crippen LogP contribution in [0.15, 0.2) is 24.3 Å². The number of hydrogen-bond donors (Lipinski definition) is 1. The van der Waals surface area contributed by atoms with Crippen LogP contribution in [0.1, 0.15) is 42.5 Å². The van der Waals surface area contributed by atoms with E-state index in [0.717, 1.165) is 23.9 Å². The van der Waals surface area contributed by atoms with Crippen molar-refractivity contribution in [2.75, 3.05) is 4.90 Å². The fourth-order valence-corrected chi connectivity index (χ4v) is 3.81. The van der Waals surface area contributed by atoms with Crippen LogP contribution in [0.2, 0.25) is 0 Å². The van der Waals surface area contributed by atoms with Crippen LogP contribution in [0, 0.1) is 0 Å². The first-order chi connectivity index (χ1) is 9.49. The van der Waals surface area contributed by atoms with Crippen LogP contribution in [-0.4, -0.2) is 4.98 Å². The van der Waals surface area contributed by atoms with Gasteiger partial charge in [-0.15, -0.1) is 11.3 Å². The second-order valence-corrected chi connectivity index (χ2v) is 7.41. The van der Waals surface area contributed by atoms with E-state index < -0.39 is 0 Å². The Morgan fingerprint density at radius 1 is 1.20 bits per heavy atom. The highest BCUT2D eigenvalue weighted by Crippen LogP contribution is 2.36. The van der Waals surface area contributed by atoms with Crippen molar-refractivity contribution in [3.05, 3.63) is 46.0 Å². The van der Waals surface area contributed by atoms with Gasteiger partial charge in [-0.05, 0) is 11.1 Å². The number of rotatable bonds is 2. The van der Waals surface area contributed by atoms with Crippen molar-refractivity contribution in [2.24, 2.45) is 5.73 Å². The number of anilines is 1. The van der Waals surface area contributed by atoms with Gasteiger partial charge in [-0.1, -0.05) is 45.0 Å². The van der Waals surface area contributed by atoms with Gasteiger partial charge in [0.1, 0.15) is 0 Å². The second-order valence-electron chi connectivity index (χ2n) is 6.35. The molecule has 1 aliphatic rings. The van der Waals surface area contributed by atoms with Crippen LogP contribution in [0.25, 0.3) is 0 Å². The molecule has 2 heterocycles. The van der Waals surface area contributed by atoms with Crippen LogP contribution in [0.5, 0.6) is 0 Å². The maximum atomic E-state index is 5.90. The topological polar surface area (TPSA) is 42.2 Å². The smallest absolute Gasteiger partial charge is 0.186 e. The predicted molar refractivity (Wildman–Crippen MR) is 85.0 cm³/mol. The number of thiazole rings is 1.